The molecule has 1 N–H and O–H groups in total. The van der Waals surface area contributed by atoms with Crippen molar-refractivity contribution < 1.29 is 14.6 Å². The van der Waals surface area contributed by atoms with Gasteiger partial charge in [-0.15, -0.1) is 0 Å². The van der Waals surface area contributed by atoms with Crippen LogP contribution >= 0.6 is 0 Å². The van der Waals surface area contributed by atoms with Crippen molar-refractivity contribution >= 4 is 16.9 Å². The number of ether oxygens (including phenoxy) is 1. The molecular weight excluding hydrogens is 424 g/mol. The summed E-state index contributed by atoms with van der Waals surface area (Å²) in [4.78, 5) is 19.1. The molecule has 1 aliphatic rings. The highest BCUT2D eigenvalue weighted by Crippen LogP contribution is 2.39. The zero-order chi connectivity index (χ0) is 23.3. The Morgan fingerprint density at radius 3 is 2.62 bits per heavy atom. The summed E-state index contributed by atoms with van der Waals surface area (Å²) >= 11 is 0. The van der Waals surface area contributed by atoms with Gasteiger partial charge in [0.15, 0.2) is 0 Å². The molecule has 0 amide bonds. The first-order valence-corrected chi connectivity index (χ1v) is 11.8. The smallest absolute Gasteiger partial charge is 0.320 e. The molecule has 2 heterocycles. The van der Waals surface area contributed by atoms with Gasteiger partial charge in [-0.05, 0) is 48.7 Å². The number of rotatable bonds is 7. The fourth-order valence-corrected chi connectivity index (χ4v) is 4.89. The van der Waals surface area contributed by atoms with E-state index in [1.807, 2.05) is 85.1 Å². The Bertz CT molecular complexity index is 1270. The highest BCUT2D eigenvalue weighted by molar-refractivity contribution is 5.79. The van der Waals surface area contributed by atoms with Gasteiger partial charge in [0.2, 0.25) is 0 Å². The Kier molecular flexibility index (Phi) is 6.54. The van der Waals surface area contributed by atoms with Crippen LogP contribution in [-0.4, -0.2) is 33.5 Å². The van der Waals surface area contributed by atoms with Gasteiger partial charge < -0.3 is 9.84 Å². The second-order valence-electron chi connectivity index (χ2n) is 8.76. The quantitative estimate of drug-likeness (QED) is 0.382. The Hall–Kier alpha value is -3.70. The first-order chi connectivity index (χ1) is 16.7. The second-order valence-corrected chi connectivity index (χ2v) is 8.76. The van der Waals surface area contributed by atoms with Crippen LogP contribution in [-0.2, 0) is 11.4 Å². The number of likely N-dealkylation sites (tertiary alicyclic amines) is 1. The van der Waals surface area contributed by atoms with Crippen LogP contribution in [0.1, 0.15) is 42.0 Å². The number of benzene rings is 3. The topological polar surface area (TPSA) is 62.7 Å². The van der Waals surface area contributed by atoms with E-state index in [-0.39, 0.29) is 6.04 Å². The molecule has 0 bridgehead atoms. The van der Waals surface area contributed by atoms with Crippen molar-refractivity contribution in [2.24, 2.45) is 0 Å². The zero-order valence-corrected chi connectivity index (χ0v) is 19.0. The Morgan fingerprint density at radius 1 is 1.00 bits per heavy atom. The minimum absolute atomic E-state index is 0.273. The average molecular weight is 453 g/mol. The van der Waals surface area contributed by atoms with E-state index < -0.39 is 12.0 Å². The van der Waals surface area contributed by atoms with Gasteiger partial charge in [0.1, 0.15) is 18.4 Å². The normalized spacial score (nSPS) is 17.4. The second kappa shape index (κ2) is 10.1. The minimum atomic E-state index is -0.777. The standard InChI is InChI=1S/C29H28N2O3/c32-29(33)26-15-8-9-17-31(26)28(23-18-22-12-4-6-14-25(22)30-19-23)24-13-5-7-16-27(24)34-20-21-10-2-1-3-11-21/h1-7,10-14,16,18-19,26,28H,8-9,15,17,20H2,(H,32,33). The highest BCUT2D eigenvalue weighted by atomic mass is 16.5. The van der Waals surface area contributed by atoms with E-state index in [1.54, 1.807) is 0 Å². The molecule has 0 saturated carbocycles. The maximum absolute atomic E-state index is 12.3. The van der Waals surface area contributed by atoms with Crippen molar-refractivity contribution in [2.75, 3.05) is 6.54 Å². The number of hydrogen-bond acceptors (Lipinski definition) is 4. The Balaban J connectivity index is 1.59. The van der Waals surface area contributed by atoms with Crippen LogP contribution in [0.15, 0.2) is 91.1 Å². The number of aromatic nitrogens is 1. The lowest BCUT2D eigenvalue weighted by atomic mass is 9.91. The van der Waals surface area contributed by atoms with Crippen molar-refractivity contribution in [3.8, 4) is 5.75 Å². The average Bonchev–Trinajstić information content (AvgIpc) is 2.89. The fraction of sp³-hybridized carbons (Fsp3) is 0.241. The summed E-state index contributed by atoms with van der Waals surface area (Å²) in [6.07, 6.45) is 4.41. The summed E-state index contributed by atoms with van der Waals surface area (Å²) in [6, 6.07) is 27.4. The largest absolute Gasteiger partial charge is 0.489 e. The SMILES string of the molecule is O=C(O)C1CCCCN1C(c1cnc2ccccc2c1)c1ccccc1OCc1ccccc1. The molecule has 1 aromatic heterocycles. The Labute approximate surface area is 199 Å². The monoisotopic (exact) mass is 452 g/mol. The van der Waals surface area contributed by atoms with Gasteiger partial charge in [-0.2, -0.15) is 0 Å². The number of nitrogens with zero attached hydrogens (tertiary/aromatic N) is 2. The van der Waals surface area contributed by atoms with Crippen LogP contribution in [0.5, 0.6) is 5.75 Å². The number of carbonyl (C=O) groups is 1. The molecule has 2 unspecified atom stereocenters. The zero-order valence-electron chi connectivity index (χ0n) is 19.0. The molecule has 5 nitrogen and oxygen atoms in total. The maximum atomic E-state index is 12.3. The molecule has 34 heavy (non-hydrogen) atoms. The van der Waals surface area contributed by atoms with E-state index in [9.17, 15) is 9.90 Å². The van der Waals surface area contributed by atoms with Crippen LogP contribution in [0.25, 0.3) is 10.9 Å². The first kappa shape index (κ1) is 22.1. The van der Waals surface area contributed by atoms with Gasteiger partial charge >= 0.3 is 5.97 Å². The van der Waals surface area contributed by atoms with Crippen LogP contribution in [0.4, 0.5) is 0 Å². The molecule has 5 rings (SSSR count). The summed E-state index contributed by atoms with van der Waals surface area (Å²) in [7, 11) is 0. The van der Waals surface area contributed by atoms with Crippen LogP contribution in [0.2, 0.25) is 0 Å². The Morgan fingerprint density at radius 2 is 1.76 bits per heavy atom. The number of aliphatic carboxylic acids is 1. The third-order valence-corrected chi connectivity index (χ3v) is 6.54. The number of carboxylic acid groups (broad SMARTS) is 1. The van der Waals surface area contributed by atoms with Crippen molar-refractivity contribution in [2.45, 2.75) is 38.0 Å². The molecule has 172 valence electrons. The molecule has 1 aliphatic heterocycles. The number of carboxylic acids is 1. The summed E-state index contributed by atoms with van der Waals surface area (Å²) in [5, 5.41) is 11.1. The third kappa shape index (κ3) is 4.66. The third-order valence-electron chi connectivity index (χ3n) is 6.54. The summed E-state index contributed by atoms with van der Waals surface area (Å²) < 4.78 is 6.31. The molecule has 1 saturated heterocycles. The van der Waals surface area contributed by atoms with Crippen molar-refractivity contribution in [3.05, 3.63) is 108 Å². The predicted octanol–water partition coefficient (Wildman–Crippen LogP) is 5.84. The van der Waals surface area contributed by atoms with Crippen LogP contribution in [0, 0.1) is 0 Å². The van der Waals surface area contributed by atoms with Gasteiger partial charge in [-0.25, -0.2) is 0 Å². The van der Waals surface area contributed by atoms with Crippen LogP contribution < -0.4 is 4.74 Å². The fourth-order valence-electron chi connectivity index (χ4n) is 4.89. The maximum Gasteiger partial charge on any atom is 0.320 e. The number of para-hydroxylation sites is 2. The van der Waals surface area contributed by atoms with Gasteiger partial charge in [0.25, 0.3) is 0 Å². The molecule has 1 fully saturated rings. The molecule has 5 heteroatoms. The van der Waals surface area contributed by atoms with Crippen LogP contribution in [0.3, 0.4) is 0 Å². The minimum Gasteiger partial charge on any atom is -0.489 e. The number of piperidine rings is 1. The van der Waals surface area contributed by atoms with E-state index in [4.69, 9.17) is 9.72 Å². The predicted molar refractivity (Wildman–Crippen MR) is 133 cm³/mol. The number of pyridine rings is 1. The molecule has 0 radical (unpaired) electrons. The summed E-state index contributed by atoms with van der Waals surface area (Å²) in [5.41, 5.74) is 3.95. The van der Waals surface area contributed by atoms with Gasteiger partial charge in [0, 0.05) is 17.1 Å². The molecular formula is C29H28N2O3. The van der Waals surface area contributed by atoms with E-state index in [0.717, 1.165) is 46.2 Å². The first-order valence-electron chi connectivity index (χ1n) is 11.8. The van der Waals surface area contributed by atoms with E-state index in [1.165, 1.54) is 0 Å². The van der Waals surface area contributed by atoms with Crippen molar-refractivity contribution in [1.29, 1.82) is 0 Å². The molecule has 0 aliphatic carbocycles. The molecule has 3 aromatic carbocycles. The highest BCUT2D eigenvalue weighted by Gasteiger charge is 2.36. The number of hydrogen-bond donors (Lipinski definition) is 1. The molecule has 2 atom stereocenters. The van der Waals surface area contributed by atoms with Gasteiger partial charge in [-0.1, -0.05) is 73.2 Å². The van der Waals surface area contributed by atoms with Gasteiger partial charge in [-0.3, -0.25) is 14.7 Å². The lowest BCUT2D eigenvalue weighted by Gasteiger charge is -2.40. The van der Waals surface area contributed by atoms with Crippen molar-refractivity contribution in [3.63, 3.8) is 0 Å². The molecule has 4 aromatic rings. The van der Waals surface area contributed by atoms with E-state index in [0.29, 0.717) is 19.6 Å². The summed E-state index contributed by atoms with van der Waals surface area (Å²) in [6.45, 7) is 1.16. The van der Waals surface area contributed by atoms with Crippen molar-refractivity contribution in [1.82, 2.24) is 9.88 Å². The van der Waals surface area contributed by atoms with E-state index in [2.05, 4.69) is 11.0 Å². The summed E-state index contributed by atoms with van der Waals surface area (Å²) in [5.74, 6) is -0.0136. The lowest BCUT2D eigenvalue weighted by molar-refractivity contribution is -0.145. The number of fused-ring (bicyclic) bond motifs is 1. The van der Waals surface area contributed by atoms with Gasteiger partial charge in [0.05, 0.1) is 11.6 Å². The molecule has 0 spiro atoms. The van der Waals surface area contributed by atoms with E-state index >= 15 is 0 Å². The lowest BCUT2D eigenvalue weighted by Crippen LogP contribution is -2.47.